The second-order valence-corrected chi connectivity index (χ2v) is 8.27. The highest BCUT2D eigenvalue weighted by atomic mass is 35.5. The van der Waals surface area contributed by atoms with Crippen LogP contribution in [0.15, 0.2) is 6.07 Å². The Morgan fingerprint density at radius 1 is 1.30 bits per heavy atom. The molecule has 8 nitrogen and oxygen atoms in total. The van der Waals surface area contributed by atoms with Crippen molar-refractivity contribution in [2.45, 2.75) is 51.4 Å². The number of rotatable bonds is 4. The monoisotopic (exact) mass is 398 g/mol. The van der Waals surface area contributed by atoms with Crippen molar-refractivity contribution in [3.8, 4) is 5.88 Å². The number of anilines is 1. The number of halogens is 1. The van der Waals surface area contributed by atoms with E-state index in [9.17, 15) is 4.79 Å². The van der Waals surface area contributed by atoms with Gasteiger partial charge in [-0.2, -0.15) is 4.98 Å². The molecule has 1 aromatic heterocycles. The lowest BCUT2D eigenvalue weighted by atomic mass is 9.88. The zero-order valence-electron chi connectivity index (χ0n) is 16.3. The van der Waals surface area contributed by atoms with E-state index >= 15 is 0 Å². The Morgan fingerprint density at radius 2 is 1.96 bits per heavy atom. The Morgan fingerprint density at radius 3 is 2.59 bits per heavy atom. The molecule has 3 rings (SSSR count). The van der Waals surface area contributed by atoms with E-state index in [4.69, 9.17) is 25.8 Å². The van der Waals surface area contributed by atoms with E-state index in [-0.39, 0.29) is 18.2 Å². The second-order valence-electron chi connectivity index (χ2n) is 7.88. The molecule has 1 aliphatic heterocycles. The highest BCUT2D eigenvalue weighted by Gasteiger charge is 2.37. The van der Waals surface area contributed by atoms with Crippen molar-refractivity contribution in [3.63, 3.8) is 0 Å². The summed E-state index contributed by atoms with van der Waals surface area (Å²) in [4.78, 5) is 24.6. The Labute approximate surface area is 164 Å². The van der Waals surface area contributed by atoms with Gasteiger partial charge in [0.15, 0.2) is 0 Å². The fraction of sp³-hybridized carbons (Fsp3) is 0.722. The first kappa shape index (κ1) is 19.9. The summed E-state index contributed by atoms with van der Waals surface area (Å²) < 4.78 is 16.7. The minimum Gasteiger partial charge on any atom is -0.474 e. The molecule has 1 saturated carbocycles. The first-order valence-electron chi connectivity index (χ1n) is 9.21. The van der Waals surface area contributed by atoms with Crippen LogP contribution in [0.2, 0.25) is 5.15 Å². The van der Waals surface area contributed by atoms with E-state index < -0.39 is 5.60 Å². The van der Waals surface area contributed by atoms with Gasteiger partial charge in [0, 0.05) is 45.1 Å². The third-order valence-electron chi connectivity index (χ3n) is 4.54. The molecule has 1 aliphatic carbocycles. The van der Waals surface area contributed by atoms with E-state index in [0.29, 0.717) is 30.2 Å². The number of aromatic nitrogens is 2. The van der Waals surface area contributed by atoms with Crippen LogP contribution in [-0.2, 0) is 9.47 Å². The van der Waals surface area contributed by atoms with Crippen LogP contribution in [0.25, 0.3) is 0 Å². The minimum absolute atomic E-state index is 0.0107. The van der Waals surface area contributed by atoms with Crippen molar-refractivity contribution < 1.29 is 19.0 Å². The molecule has 1 amide bonds. The van der Waals surface area contributed by atoms with Gasteiger partial charge in [0.2, 0.25) is 11.8 Å². The number of ether oxygens (including phenoxy) is 3. The van der Waals surface area contributed by atoms with Gasteiger partial charge in [-0.1, -0.05) is 11.6 Å². The molecule has 150 valence electrons. The summed E-state index contributed by atoms with van der Waals surface area (Å²) in [5.41, 5.74) is -0.501. The molecule has 0 atom stereocenters. The maximum absolute atomic E-state index is 12.1. The molecule has 0 aromatic carbocycles. The van der Waals surface area contributed by atoms with Gasteiger partial charge in [-0.15, -0.1) is 0 Å². The van der Waals surface area contributed by atoms with Crippen LogP contribution in [0.1, 0.15) is 33.6 Å². The van der Waals surface area contributed by atoms with Crippen molar-refractivity contribution in [2.75, 3.05) is 38.3 Å². The number of hydrogen-bond acceptors (Lipinski definition) is 7. The zero-order valence-corrected chi connectivity index (χ0v) is 17.0. The van der Waals surface area contributed by atoms with Crippen molar-refractivity contribution in [1.29, 1.82) is 0 Å². The molecular weight excluding hydrogens is 372 g/mol. The number of hydrogen-bond donors (Lipinski definition) is 0. The fourth-order valence-electron chi connectivity index (χ4n) is 2.95. The fourth-order valence-corrected chi connectivity index (χ4v) is 3.12. The maximum atomic E-state index is 12.1. The average Bonchev–Trinajstić information content (AvgIpc) is 2.56. The maximum Gasteiger partial charge on any atom is 0.410 e. The summed E-state index contributed by atoms with van der Waals surface area (Å²) in [5.74, 6) is 1.02. The van der Waals surface area contributed by atoms with E-state index in [0.717, 1.165) is 25.9 Å². The summed E-state index contributed by atoms with van der Waals surface area (Å²) in [6.45, 7) is 8.32. The Hall–Kier alpha value is -1.80. The summed E-state index contributed by atoms with van der Waals surface area (Å²) in [6.07, 6.45) is 1.13. The molecule has 9 heteroatoms. The number of nitrogens with zero attached hydrogens (tertiary/aromatic N) is 4. The Balaban J connectivity index is 1.54. The third-order valence-corrected chi connectivity index (χ3v) is 4.73. The van der Waals surface area contributed by atoms with Crippen molar-refractivity contribution in [3.05, 3.63) is 11.2 Å². The predicted molar refractivity (Wildman–Crippen MR) is 102 cm³/mol. The molecule has 2 heterocycles. The Bertz CT molecular complexity index is 670. The van der Waals surface area contributed by atoms with Gasteiger partial charge in [-0.3, -0.25) is 0 Å². The van der Waals surface area contributed by atoms with E-state index in [2.05, 4.69) is 9.97 Å². The smallest absolute Gasteiger partial charge is 0.410 e. The Kier molecular flexibility index (Phi) is 5.95. The summed E-state index contributed by atoms with van der Waals surface area (Å²) in [5, 5.41) is 0.350. The molecule has 2 fully saturated rings. The molecule has 27 heavy (non-hydrogen) atoms. The quantitative estimate of drug-likeness (QED) is 0.721. The highest BCUT2D eigenvalue weighted by molar-refractivity contribution is 6.29. The van der Waals surface area contributed by atoms with Crippen LogP contribution in [0.4, 0.5) is 10.7 Å². The first-order valence-corrected chi connectivity index (χ1v) is 9.59. The van der Waals surface area contributed by atoms with E-state index in [1.54, 1.807) is 18.0 Å². The van der Waals surface area contributed by atoms with Crippen molar-refractivity contribution in [2.24, 2.45) is 0 Å². The van der Waals surface area contributed by atoms with Crippen LogP contribution >= 0.6 is 11.6 Å². The van der Waals surface area contributed by atoms with Gasteiger partial charge in [0.25, 0.3) is 0 Å². The average molecular weight is 399 g/mol. The lowest BCUT2D eigenvalue weighted by molar-refractivity contribution is -0.00965. The molecule has 0 spiro atoms. The van der Waals surface area contributed by atoms with E-state index in [1.807, 2.05) is 25.7 Å². The number of carbonyl (C=O) groups is 1. The predicted octanol–water partition coefficient (Wildman–Crippen LogP) is 2.74. The number of morpholine rings is 1. The molecule has 1 saturated heterocycles. The summed E-state index contributed by atoms with van der Waals surface area (Å²) in [7, 11) is 1.76. The van der Waals surface area contributed by atoms with Crippen LogP contribution in [0.5, 0.6) is 5.88 Å². The van der Waals surface area contributed by atoms with Crippen molar-refractivity contribution in [1.82, 2.24) is 14.9 Å². The number of carbonyl (C=O) groups excluding carboxylic acids is 1. The number of amides is 1. The van der Waals surface area contributed by atoms with E-state index in [1.165, 1.54) is 0 Å². The normalized spacial score (nSPS) is 22.8. The highest BCUT2D eigenvalue weighted by Crippen LogP contribution is 2.31. The van der Waals surface area contributed by atoms with Gasteiger partial charge in [0.1, 0.15) is 16.9 Å². The molecule has 0 bridgehead atoms. The topological polar surface area (TPSA) is 77.0 Å². The minimum atomic E-state index is -0.501. The second kappa shape index (κ2) is 8.06. The standard InChI is InChI=1S/C18H27ClN4O4/c1-18(2,3)27-17(24)22(4)12-9-13(10-12)26-15-11-14(19)20-16(21-15)23-5-7-25-8-6-23/h11-13H,5-10H2,1-4H3. The van der Waals surface area contributed by atoms with Gasteiger partial charge in [-0.25, -0.2) is 9.78 Å². The van der Waals surface area contributed by atoms with Crippen molar-refractivity contribution >= 4 is 23.6 Å². The SMILES string of the molecule is CN(C(=O)OC(C)(C)C)C1CC(Oc2cc(Cl)nc(N3CCOCC3)n2)C1. The van der Waals surface area contributed by atoms with Crippen LogP contribution < -0.4 is 9.64 Å². The molecule has 0 radical (unpaired) electrons. The lowest BCUT2D eigenvalue weighted by Gasteiger charge is -2.40. The van der Waals surface area contributed by atoms with Crippen LogP contribution in [-0.4, -0.2) is 72.1 Å². The third kappa shape index (κ3) is 5.35. The largest absolute Gasteiger partial charge is 0.474 e. The lowest BCUT2D eigenvalue weighted by Crippen LogP contribution is -2.51. The van der Waals surface area contributed by atoms with Gasteiger partial charge < -0.3 is 24.0 Å². The molecule has 0 N–H and O–H groups in total. The summed E-state index contributed by atoms with van der Waals surface area (Å²) in [6, 6.07) is 1.72. The van der Waals surface area contributed by atoms with Gasteiger partial charge in [0.05, 0.1) is 13.2 Å². The molecule has 0 unspecified atom stereocenters. The first-order chi connectivity index (χ1) is 12.7. The van der Waals surface area contributed by atoms with Gasteiger partial charge in [-0.05, 0) is 20.8 Å². The molecule has 2 aliphatic rings. The zero-order chi connectivity index (χ0) is 19.6. The van der Waals surface area contributed by atoms with Gasteiger partial charge >= 0.3 is 6.09 Å². The molecular formula is C18H27ClN4O4. The molecule has 1 aromatic rings. The summed E-state index contributed by atoms with van der Waals surface area (Å²) >= 11 is 6.14. The van der Waals surface area contributed by atoms with Crippen LogP contribution in [0, 0.1) is 0 Å². The van der Waals surface area contributed by atoms with Crippen LogP contribution in [0.3, 0.4) is 0 Å².